The zero-order valence-electron chi connectivity index (χ0n) is 6.47. The van der Waals surface area contributed by atoms with Crippen LogP contribution in [-0.4, -0.2) is 5.16 Å². The quantitative estimate of drug-likeness (QED) is 0.607. The summed E-state index contributed by atoms with van der Waals surface area (Å²) in [6, 6.07) is 2.81. The molecule has 3 nitrogen and oxygen atoms in total. The summed E-state index contributed by atoms with van der Waals surface area (Å²) in [6.07, 6.45) is 0. The van der Waals surface area contributed by atoms with E-state index in [9.17, 15) is 4.39 Å². The van der Waals surface area contributed by atoms with Gasteiger partial charge in [-0.05, 0) is 13.0 Å². The lowest BCUT2D eigenvalue weighted by atomic mass is 10.2. The fourth-order valence-corrected chi connectivity index (χ4v) is 1.19. The summed E-state index contributed by atoms with van der Waals surface area (Å²) < 4.78 is 18.0. The van der Waals surface area contributed by atoms with Gasteiger partial charge in [-0.2, -0.15) is 0 Å². The van der Waals surface area contributed by atoms with Crippen LogP contribution in [0.15, 0.2) is 16.7 Å². The molecule has 1 heterocycles. The molecule has 1 aromatic heterocycles. The molecule has 1 aromatic carbocycles. The number of fused-ring (bicyclic) bond motifs is 1. The van der Waals surface area contributed by atoms with E-state index >= 15 is 0 Å². The van der Waals surface area contributed by atoms with Gasteiger partial charge in [0.15, 0.2) is 5.58 Å². The number of aryl methyl sites for hydroxylation is 1. The normalized spacial score (nSPS) is 10.8. The van der Waals surface area contributed by atoms with Crippen molar-refractivity contribution in [3.8, 4) is 0 Å². The van der Waals surface area contributed by atoms with Crippen LogP contribution in [0.25, 0.3) is 11.0 Å². The van der Waals surface area contributed by atoms with Crippen molar-refractivity contribution in [2.45, 2.75) is 6.92 Å². The van der Waals surface area contributed by atoms with Crippen LogP contribution in [0.4, 0.5) is 10.1 Å². The number of nitrogens with zero attached hydrogens (tertiary/aromatic N) is 1. The number of benzene rings is 1. The van der Waals surface area contributed by atoms with Crippen LogP contribution in [0, 0.1) is 12.7 Å². The van der Waals surface area contributed by atoms with E-state index in [2.05, 4.69) is 5.16 Å². The maximum absolute atomic E-state index is 13.2. The van der Waals surface area contributed by atoms with Gasteiger partial charge in [0.25, 0.3) is 0 Å². The molecule has 0 amide bonds. The van der Waals surface area contributed by atoms with Crippen molar-refractivity contribution in [3.05, 3.63) is 23.6 Å². The maximum Gasteiger partial charge on any atom is 0.172 e. The Morgan fingerprint density at radius 2 is 2.25 bits per heavy atom. The van der Waals surface area contributed by atoms with Gasteiger partial charge in [0.2, 0.25) is 0 Å². The number of anilines is 1. The van der Waals surface area contributed by atoms with Crippen LogP contribution in [0.5, 0.6) is 0 Å². The Morgan fingerprint density at radius 1 is 1.50 bits per heavy atom. The van der Waals surface area contributed by atoms with Gasteiger partial charge < -0.3 is 10.3 Å². The Hall–Kier alpha value is -1.58. The second-order valence-corrected chi connectivity index (χ2v) is 2.64. The first-order valence-corrected chi connectivity index (χ1v) is 3.49. The highest BCUT2D eigenvalue weighted by molar-refractivity contribution is 5.82. The van der Waals surface area contributed by atoms with Gasteiger partial charge in [0.05, 0.1) is 11.1 Å². The average Bonchev–Trinajstić information content (AvgIpc) is 2.31. The minimum Gasteiger partial charge on any atom is -0.399 e. The third kappa shape index (κ3) is 0.845. The van der Waals surface area contributed by atoms with Crippen molar-refractivity contribution >= 4 is 16.7 Å². The second kappa shape index (κ2) is 2.20. The number of halogens is 1. The lowest BCUT2D eigenvalue weighted by Crippen LogP contribution is -1.86. The standard InChI is InChI=1S/C8H7FN2O/c1-4-8-6(9)2-5(10)3-7(8)12-11-4/h2-3H,10H2,1H3. The fourth-order valence-electron chi connectivity index (χ4n) is 1.19. The van der Waals surface area contributed by atoms with E-state index in [1.54, 1.807) is 13.0 Å². The number of hydrogen-bond acceptors (Lipinski definition) is 3. The molecule has 62 valence electrons. The third-order valence-electron chi connectivity index (χ3n) is 1.72. The molecule has 2 rings (SSSR count). The first kappa shape index (κ1) is 7.09. The minimum absolute atomic E-state index is 0.344. The third-order valence-corrected chi connectivity index (χ3v) is 1.72. The first-order chi connectivity index (χ1) is 5.68. The molecular weight excluding hydrogens is 159 g/mol. The summed E-state index contributed by atoms with van der Waals surface area (Å²) in [5.41, 5.74) is 6.69. The number of hydrogen-bond donors (Lipinski definition) is 1. The minimum atomic E-state index is -0.385. The molecule has 0 unspecified atom stereocenters. The number of rotatable bonds is 0. The highest BCUT2D eigenvalue weighted by atomic mass is 19.1. The van der Waals surface area contributed by atoms with E-state index in [4.69, 9.17) is 10.3 Å². The van der Waals surface area contributed by atoms with E-state index in [0.29, 0.717) is 22.4 Å². The molecule has 4 heteroatoms. The fraction of sp³-hybridized carbons (Fsp3) is 0.125. The lowest BCUT2D eigenvalue weighted by Gasteiger charge is -1.93. The molecule has 0 spiro atoms. The summed E-state index contributed by atoms with van der Waals surface area (Å²) in [5.74, 6) is -0.385. The van der Waals surface area contributed by atoms with Crippen LogP contribution in [0.1, 0.15) is 5.69 Å². The molecular formula is C8H7FN2O. The molecule has 2 N–H and O–H groups in total. The summed E-state index contributed by atoms with van der Waals surface area (Å²) in [4.78, 5) is 0. The van der Waals surface area contributed by atoms with E-state index in [1.807, 2.05) is 0 Å². The van der Waals surface area contributed by atoms with Crippen LogP contribution < -0.4 is 5.73 Å². The predicted octanol–water partition coefficient (Wildman–Crippen LogP) is 1.86. The largest absolute Gasteiger partial charge is 0.399 e. The predicted molar refractivity (Wildman–Crippen MR) is 43.1 cm³/mol. The smallest absolute Gasteiger partial charge is 0.172 e. The maximum atomic E-state index is 13.2. The van der Waals surface area contributed by atoms with E-state index in [-0.39, 0.29) is 5.82 Å². The molecule has 0 radical (unpaired) electrons. The summed E-state index contributed by atoms with van der Waals surface area (Å²) in [5, 5.41) is 4.03. The van der Waals surface area contributed by atoms with Crippen molar-refractivity contribution in [2.24, 2.45) is 0 Å². The van der Waals surface area contributed by atoms with Gasteiger partial charge in [-0.3, -0.25) is 0 Å². The highest BCUT2D eigenvalue weighted by Crippen LogP contribution is 2.23. The van der Waals surface area contributed by atoms with E-state index < -0.39 is 0 Å². The molecule has 0 saturated heterocycles. The molecule has 0 saturated carbocycles. The molecule has 12 heavy (non-hydrogen) atoms. The molecule has 0 bridgehead atoms. The van der Waals surface area contributed by atoms with Gasteiger partial charge in [0.1, 0.15) is 5.82 Å². The Bertz CT molecular complexity index is 436. The zero-order chi connectivity index (χ0) is 8.72. The van der Waals surface area contributed by atoms with Gasteiger partial charge in [-0.25, -0.2) is 4.39 Å². The molecule has 0 atom stereocenters. The molecule has 0 aliphatic carbocycles. The summed E-state index contributed by atoms with van der Waals surface area (Å²) in [7, 11) is 0. The van der Waals surface area contributed by atoms with Crippen molar-refractivity contribution in [1.29, 1.82) is 0 Å². The highest BCUT2D eigenvalue weighted by Gasteiger charge is 2.09. The average molecular weight is 166 g/mol. The Morgan fingerprint density at radius 3 is 3.00 bits per heavy atom. The molecule has 0 aliphatic heterocycles. The summed E-state index contributed by atoms with van der Waals surface area (Å²) in [6.45, 7) is 1.69. The Balaban J connectivity index is 2.93. The molecule has 2 aromatic rings. The van der Waals surface area contributed by atoms with Crippen molar-refractivity contribution in [2.75, 3.05) is 5.73 Å². The zero-order valence-corrected chi connectivity index (χ0v) is 6.47. The van der Waals surface area contributed by atoms with Crippen LogP contribution in [0.3, 0.4) is 0 Å². The Labute approximate surface area is 67.9 Å². The van der Waals surface area contributed by atoms with Gasteiger partial charge in [-0.1, -0.05) is 5.16 Å². The van der Waals surface area contributed by atoms with Crippen molar-refractivity contribution < 1.29 is 8.91 Å². The van der Waals surface area contributed by atoms with Crippen molar-refractivity contribution in [1.82, 2.24) is 5.16 Å². The van der Waals surface area contributed by atoms with Gasteiger partial charge >= 0.3 is 0 Å². The van der Waals surface area contributed by atoms with E-state index in [0.717, 1.165) is 0 Å². The number of nitrogens with two attached hydrogens (primary N) is 1. The topological polar surface area (TPSA) is 52.0 Å². The lowest BCUT2D eigenvalue weighted by molar-refractivity contribution is 0.450. The Kier molecular flexibility index (Phi) is 1.30. The SMILES string of the molecule is Cc1noc2cc(N)cc(F)c12. The monoisotopic (exact) mass is 166 g/mol. The van der Waals surface area contributed by atoms with Gasteiger partial charge in [-0.15, -0.1) is 0 Å². The van der Waals surface area contributed by atoms with Crippen LogP contribution in [-0.2, 0) is 0 Å². The van der Waals surface area contributed by atoms with Crippen LogP contribution in [0.2, 0.25) is 0 Å². The molecule has 0 fully saturated rings. The first-order valence-electron chi connectivity index (χ1n) is 3.49. The van der Waals surface area contributed by atoms with Crippen molar-refractivity contribution in [3.63, 3.8) is 0 Å². The van der Waals surface area contributed by atoms with Gasteiger partial charge in [0, 0.05) is 11.8 Å². The summed E-state index contributed by atoms with van der Waals surface area (Å²) >= 11 is 0. The van der Waals surface area contributed by atoms with Crippen LogP contribution >= 0.6 is 0 Å². The second-order valence-electron chi connectivity index (χ2n) is 2.64. The number of nitrogen functional groups attached to an aromatic ring is 1. The number of aromatic nitrogens is 1. The molecule has 0 aliphatic rings. The van der Waals surface area contributed by atoms with E-state index in [1.165, 1.54) is 6.07 Å².